The Bertz CT molecular complexity index is 805. The zero-order chi connectivity index (χ0) is 20.4. The molecule has 0 fully saturated rings. The number of anilines is 1. The lowest BCUT2D eigenvalue weighted by Gasteiger charge is -2.11. The molecule has 3 N–H and O–H groups in total. The van der Waals surface area contributed by atoms with Gasteiger partial charge >= 0.3 is 0 Å². The number of nitrogens with zero attached hydrogens (tertiary/aromatic N) is 2. The number of nitrogens with one attached hydrogen (secondary N) is 1. The van der Waals surface area contributed by atoms with Crippen LogP contribution in [0.25, 0.3) is 0 Å². The number of amides is 1. The van der Waals surface area contributed by atoms with Crippen LogP contribution >= 0.6 is 11.3 Å². The number of hydrazone groups is 1. The first-order chi connectivity index (χ1) is 13.6. The first kappa shape index (κ1) is 21.7. The van der Waals surface area contributed by atoms with Gasteiger partial charge in [-0.3, -0.25) is 4.79 Å². The number of rotatable bonds is 11. The molecule has 0 radical (unpaired) electrons. The zero-order valence-electron chi connectivity index (χ0n) is 16.7. The number of unbranched alkanes of at least 4 members (excludes halogenated alkanes) is 3. The van der Waals surface area contributed by atoms with E-state index in [0.717, 1.165) is 29.7 Å². The quantitative estimate of drug-likeness (QED) is 0.335. The summed E-state index contributed by atoms with van der Waals surface area (Å²) in [6.45, 7) is 4.77. The second kappa shape index (κ2) is 11.3. The highest BCUT2D eigenvalue weighted by molar-refractivity contribution is 7.17. The van der Waals surface area contributed by atoms with Gasteiger partial charge in [0.1, 0.15) is 4.88 Å². The lowest BCUT2D eigenvalue weighted by atomic mass is 10.2. The van der Waals surface area contributed by atoms with Gasteiger partial charge in [0.05, 0.1) is 25.6 Å². The van der Waals surface area contributed by atoms with Crippen molar-refractivity contribution in [2.75, 3.05) is 19.5 Å². The third kappa shape index (κ3) is 6.23. The molecule has 152 valence electrons. The van der Waals surface area contributed by atoms with Gasteiger partial charge in [0.25, 0.3) is 5.91 Å². The van der Waals surface area contributed by atoms with E-state index in [1.54, 1.807) is 13.3 Å². The Labute approximate surface area is 170 Å². The van der Waals surface area contributed by atoms with Crippen LogP contribution in [0.1, 0.15) is 60.5 Å². The van der Waals surface area contributed by atoms with E-state index in [9.17, 15) is 4.79 Å². The van der Waals surface area contributed by atoms with E-state index in [1.165, 1.54) is 12.8 Å². The second-order valence-electron chi connectivity index (χ2n) is 6.20. The van der Waals surface area contributed by atoms with Crippen molar-refractivity contribution in [3.8, 4) is 11.5 Å². The molecule has 8 heteroatoms. The molecular weight excluding hydrogens is 376 g/mol. The summed E-state index contributed by atoms with van der Waals surface area (Å²) in [5, 5.41) is 4.40. The molecule has 0 bridgehead atoms. The fourth-order valence-corrected chi connectivity index (χ4v) is 3.41. The number of carbonyl (C=O) groups excluding carboxylic acids is 1. The number of aryl methyl sites for hydroxylation is 1. The van der Waals surface area contributed by atoms with E-state index in [0.29, 0.717) is 40.2 Å². The average molecular weight is 405 g/mol. The molecule has 1 amide bonds. The molecule has 7 nitrogen and oxygen atoms in total. The van der Waals surface area contributed by atoms with Gasteiger partial charge in [-0.25, -0.2) is 10.4 Å². The van der Waals surface area contributed by atoms with Gasteiger partial charge in [-0.2, -0.15) is 5.10 Å². The lowest BCUT2D eigenvalue weighted by Crippen LogP contribution is -2.17. The van der Waals surface area contributed by atoms with Gasteiger partial charge in [-0.15, -0.1) is 0 Å². The van der Waals surface area contributed by atoms with Crippen LogP contribution in [0.2, 0.25) is 0 Å². The number of benzene rings is 1. The average Bonchev–Trinajstić information content (AvgIpc) is 3.09. The minimum Gasteiger partial charge on any atom is -0.493 e. The van der Waals surface area contributed by atoms with E-state index < -0.39 is 0 Å². The second-order valence-corrected chi connectivity index (χ2v) is 7.23. The number of aromatic nitrogens is 1. The normalized spacial score (nSPS) is 11.0. The molecule has 0 aliphatic carbocycles. The third-order valence-corrected chi connectivity index (χ3v) is 5.00. The third-order valence-electron chi connectivity index (χ3n) is 4.08. The summed E-state index contributed by atoms with van der Waals surface area (Å²) in [7, 11) is 1.60. The van der Waals surface area contributed by atoms with Crippen LogP contribution in [0.4, 0.5) is 5.13 Å². The van der Waals surface area contributed by atoms with Crippen molar-refractivity contribution in [3.63, 3.8) is 0 Å². The molecule has 0 saturated carbocycles. The molecule has 0 atom stereocenters. The molecule has 0 aliphatic heterocycles. The van der Waals surface area contributed by atoms with Crippen molar-refractivity contribution >= 4 is 28.6 Å². The van der Waals surface area contributed by atoms with Crippen LogP contribution in [0.3, 0.4) is 0 Å². The molecule has 2 aromatic rings. The van der Waals surface area contributed by atoms with Gasteiger partial charge in [0, 0.05) is 0 Å². The fourth-order valence-electron chi connectivity index (χ4n) is 2.60. The molecule has 0 aliphatic rings. The van der Waals surface area contributed by atoms with Crippen LogP contribution in [0.15, 0.2) is 23.3 Å². The van der Waals surface area contributed by atoms with E-state index in [-0.39, 0.29) is 5.91 Å². The topological polar surface area (TPSA) is 98.8 Å². The molecule has 0 saturated heterocycles. The number of nitrogen functional groups attached to an aromatic ring is 1. The van der Waals surface area contributed by atoms with E-state index in [4.69, 9.17) is 15.2 Å². The summed E-state index contributed by atoms with van der Waals surface area (Å²) in [4.78, 5) is 16.9. The molecule has 2 rings (SSSR count). The lowest BCUT2D eigenvalue weighted by molar-refractivity contribution is 0.0958. The number of hydrogen-bond donors (Lipinski definition) is 2. The predicted octanol–water partition coefficient (Wildman–Crippen LogP) is 4.02. The summed E-state index contributed by atoms with van der Waals surface area (Å²) in [5.74, 6) is 1.02. The molecule has 1 aromatic heterocycles. The van der Waals surface area contributed by atoms with Crippen LogP contribution < -0.4 is 20.6 Å². The Kier molecular flexibility index (Phi) is 8.74. The first-order valence-corrected chi connectivity index (χ1v) is 10.3. The standard InChI is InChI=1S/C20H28N4O3S/c1-4-6-7-8-11-27-16-10-9-14(12-17(16)26-3)13-22-24-19(25)18-15(5-2)23-20(21)28-18/h9-10,12-13H,4-8,11H2,1-3H3,(H2,21,23)(H,24,25)/b22-13-. The van der Waals surface area contributed by atoms with Crippen molar-refractivity contribution in [2.45, 2.75) is 46.0 Å². The largest absolute Gasteiger partial charge is 0.493 e. The van der Waals surface area contributed by atoms with E-state index >= 15 is 0 Å². The highest BCUT2D eigenvalue weighted by atomic mass is 32.1. The van der Waals surface area contributed by atoms with Crippen LogP contribution in [-0.4, -0.2) is 30.8 Å². The smallest absolute Gasteiger partial charge is 0.283 e. The summed E-state index contributed by atoms with van der Waals surface area (Å²) < 4.78 is 11.2. The first-order valence-electron chi connectivity index (χ1n) is 9.48. The highest BCUT2D eigenvalue weighted by Crippen LogP contribution is 2.28. The van der Waals surface area contributed by atoms with Gasteiger partial charge in [-0.05, 0) is 36.6 Å². The fraction of sp³-hybridized carbons (Fsp3) is 0.450. The monoisotopic (exact) mass is 404 g/mol. The maximum absolute atomic E-state index is 12.2. The molecule has 1 heterocycles. The Balaban J connectivity index is 1.95. The zero-order valence-corrected chi connectivity index (χ0v) is 17.5. The summed E-state index contributed by atoms with van der Waals surface area (Å²) >= 11 is 1.16. The number of thiazole rings is 1. The maximum Gasteiger partial charge on any atom is 0.283 e. The van der Waals surface area contributed by atoms with Gasteiger partial charge < -0.3 is 15.2 Å². The van der Waals surface area contributed by atoms with Crippen molar-refractivity contribution < 1.29 is 14.3 Å². The Morgan fingerprint density at radius 1 is 1.29 bits per heavy atom. The Morgan fingerprint density at radius 3 is 2.82 bits per heavy atom. The highest BCUT2D eigenvalue weighted by Gasteiger charge is 2.15. The predicted molar refractivity (Wildman–Crippen MR) is 114 cm³/mol. The summed E-state index contributed by atoms with van der Waals surface area (Å²) in [5.41, 5.74) is 9.66. The Morgan fingerprint density at radius 2 is 2.11 bits per heavy atom. The maximum atomic E-state index is 12.2. The van der Waals surface area contributed by atoms with Gasteiger partial charge in [0.15, 0.2) is 16.6 Å². The van der Waals surface area contributed by atoms with E-state index in [2.05, 4.69) is 22.4 Å². The van der Waals surface area contributed by atoms with Crippen molar-refractivity contribution in [2.24, 2.45) is 5.10 Å². The minimum atomic E-state index is -0.318. The number of ether oxygens (including phenoxy) is 2. The molecular formula is C20H28N4O3S. The SMILES string of the molecule is CCCCCCOc1ccc(/C=N\NC(=O)c2sc(N)nc2CC)cc1OC. The molecule has 1 aromatic carbocycles. The van der Waals surface area contributed by atoms with Crippen molar-refractivity contribution in [1.82, 2.24) is 10.4 Å². The Hall–Kier alpha value is -2.61. The number of nitrogens with two attached hydrogens (primary N) is 1. The van der Waals surface area contributed by atoms with Crippen LogP contribution in [0.5, 0.6) is 11.5 Å². The van der Waals surface area contributed by atoms with Crippen LogP contribution in [0, 0.1) is 0 Å². The number of methoxy groups -OCH3 is 1. The molecule has 0 spiro atoms. The van der Waals surface area contributed by atoms with Crippen molar-refractivity contribution in [1.29, 1.82) is 0 Å². The summed E-state index contributed by atoms with van der Waals surface area (Å²) in [6, 6.07) is 5.53. The molecule has 0 unspecified atom stereocenters. The van der Waals surface area contributed by atoms with E-state index in [1.807, 2.05) is 25.1 Å². The van der Waals surface area contributed by atoms with Crippen molar-refractivity contribution in [3.05, 3.63) is 34.3 Å². The summed E-state index contributed by atoms with van der Waals surface area (Å²) in [6.07, 6.45) is 6.79. The van der Waals surface area contributed by atoms with Crippen LogP contribution in [-0.2, 0) is 6.42 Å². The molecule has 28 heavy (non-hydrogen) atoms. The van der Waals surface area contributed by atoms with Gasteiger partial charge in [0.2, 0.25) is 0 Å². The van der Waals surface area contributed by atoms with Gasteiger partial charge in [-0.1, -0.05) is 44.4 Å². The number of hydrogen-bond acceptors (Lipinski definition) is 7. The number of carbonyl (C=O) groups is 1. The minimum absolute atomic E-state index is 0.318.